The molecule has 1 heterocycles. The van der Waals surface area contributed by atoms with Crippen LogP contribution in [0.2, 0.25) is 0 Å². The number of sulfonamides is 1. The molecule has 2 rings (SSSR count). The standard InChI is InChI=1S/C14H26N4O2S/c1-3-17-10-13(16-12-17)21(19,20)18(4-2)14(11-15)8-6-5-7-9-14/h10,12H,3-9,11,15H2,1-2H3. The Hall–Kier alpha value is -0.920. The summed E-state index contributed by atoms with van der Waals surface area (Å²) in [5, 5.41) is 0.129. The van der Waals surface area contributed by atoms with E-state index in [1.165, 1.54) is 0 Å². The van der Waals surface area contributed by atoms with Gasteiger partial charge in [0.25, 0.3) is 10.0 Å². The minimum absolute atomic E-state index is 0.129. The van der Waals surface area contributed by atoms with Gasteiger partial charge in [-0.1, -0.05) is 26.2 Å². The van der Waals surface area contributed by atoms with Crippen LogP contribution in [0.4, 0.5) is 0 Å². The summed E-state index contributed by atoms with van der Waals surface area (Å²) < 4.78 is 29.3. The number of aryl methyl sites for hydroxylation is 1. The Balaban J connectivity index is 2.38. The molecule has 6 nitrogen and oxygen atoms in total. The molecule has 0 saturated heterocycles. The highest BCUT2D eigenvalue weighted by Crippen LogP contribution is 2.36. The van der Waals surface area contributed by atoms with Gasteiger partial charge in [0, 0.05) is 31.4 Å². The topological polar surface area (TPSA) is 81.2 Å². The van der Waals surface area contributed by atoms with Crippen molar-refractivity contribution in [1.82, 2.24) is 13.9 Å². The van der Waals surface area contributed by atoms with Gasteiger partial charge in [-0.2, -0.15) is 4.31 Å². The molecule has 1 aliphatic rings. The molecule has 1 aromatic rings. The molecule has 120 valence electrons. The summed E-state index contributed by atoms with van der Waals surface area (Å²) in [5.41, 5.74) is 5.55. The predicted octanol–water partition coefficient (Wildman–Crippen LogP) is 1.58. The van der Waals surface area contributed by atoms with Crippen molar-refractivity contribution in [3.05, 3.63) is 12.5 Å². The third kappa shape index (κ3) is 3.00. The first-order valence-electron chi connectivity index (χ1n) is 7.75. The summed E-state index contributed by atoms with van der Waals surface area (Å²) in [6, 6.07) is 0. The lowest BCUT2D eigenvalue weighted by atomic mass is 9.81. The Morgan fingerprint density at radius 3 is 2.48 bits per heavy atom. The van der Waals surface area contributed by atoms with Gasteiger partial charge < -0.3 is 10.3 Å². The summed E-state index contributed by atoms with van der Waals surface area (Å²) in [6.07, 6.45) is 8.07. The molecule has 1 saturated carbocycles. The van der Waals surface area contributed by atoms with Gasteiger partial charge in [0.2, 0.25) is 0 Å². The lowest BCUT2D eigenvalue weighted by molar-refractivity contribution is 0.140. The molecular formula is C14H26N4O2S. The second kappa shape index (κ2) is 6.46. The van der Waals surface area contributed by atoms with E-state index in [1.54, 1.807) is 21.4 Å². The van der Waals surface area contributed by atoms with Gasteiger partial charge in [-0.05, 0) is 19.8 Å². The van der Waals surface area contributed by atoms with Gasteiger partial charge in [-0.15, -0.1) is 0 Å². The highest BCUT2D eigenvalue weighted by Gasteiger charge is 2.43. The Bertz CT molecular complexity index is 561. The lowest BCUT2D eigenvalue weighted by Gasteiger charge is -2.44. The number of nitrogens with two attached hydrogens (primary N) is 1. The van der Waals surface area contributed by atoms with Gasteiger partial charge in [0.1, 0.15) is 0 Å². The van der Waals surface area contributed by atoms with Crippen molar-refractivity contribution in [2.75, 3.05) is 13.1 Å². The molecule has 7 heteroatoms. The van der Waals surface area contributed by atoms with Gasteiger partial charge in [-0.25, -0.2) is 13.4 Å². The number of nitrogens with zero attached hydrogens (tertiary/aromatic N) is 3. The third-order valence-corrected chi connectivity index (χ3v) is 6.47. The molecular weight excluding hydrogens is 288 g/mol. The van der Waals surface area contributed by atoms with Crippen molar-refractivity contribution in [3.63, 3.8) is 0 Å². The molecule has 0 radical (unpaired) electrons. The van der Waals surface area contributed by atoms with Crippen LogP contribution in [-0.2, 0) is 16.6 Å². The van der Waals surface area contributed by atoms with Crippen LogP contribution in [-0.4, -0.2) is 40.9 Å². The maximum absolute atomic E-state index is 13.0. The van der Waals surface area contributed by atoms with Gasteiger partial charge in [0.15, 0.2) is 5.03 Å². The fourth-order valence-corrected chi connectivity index (χ4v) is 5.07. The van der Waals surface area contributed by atoms with E-state index in [0.717, 1.165) is 32.1 Å². The Kier molecular flexibility index (Phi) is 5.06. The van der Waals surface area contributed by atoms with E-state index in [2.05, 4.69) is 4.98 Å². The second-order valence-electron chi connectivity index (χ2n) is 5.70. The predicted molar refractivity (Wildman–Crippen MR) is 82.3 cm³/mol. The number of likely N-dealkylation sites (N-methyl/N-ethyl adjacent to an activating group) is 1. The summed E-state index contributed by atoms with van der Waals surface area (Å²) in [5.74, 6) is 0. The van der Waals surface area contributed by atoms with E-state index in [1.807, 2.05) is 13.8 Å². The molecule has 1 aliphatic carbocycles. The van der Waals surface area contributed by atoms with E-state index in [9.17, 15) is 8.42 Å². The molecule has 2 N–H and O–H groups in total. The van der Waals surface area contributed by atoms with Crippen molar-refractivity contribution in [2.45, 2.75) is 63.1 Å². The monoisotopic (exact) mass is 314 g/mol. The van der Waals surface area contributed by atoms with Gasteiger partial charge >= 0.3 is 0 Å². The highest BCUT2D eigenvalue weighted by molar-refractivity contribution is 7.89. The fraction of sp³-hybridized carbons (Fsp3) is 0.786. The zero-order valence-electron chi connectivity index (χ0n) is 13.0. The Labute approximate surface area is 127 Å². The molecule has 0 spiro atoms. The zero-order valence-corrected chi connectivity index (χ0v) is 13.8. The summed E-state index contributed by atoms with van der Waals surface area (Å²) in [6.45, 7) is 5.34. The molecule has 0 amide bonds. The van der Waals surface area contributed by atoms with E-state index >= 15 is 0 Å². The molecule has 0 aromatic carbocycles. The van der Waals surface area contributed by atoms with Crippen LogP contribution >= 0.6 is 0 Å². The maximum atomic E-state index is 13.0. The van der Waals surface area contributed by atoms with Crippen LogP contribution in [0.1, 0.15) is 46.0 Å². The Morgan fingerprint density at radius 2 is 2.00 bits per heavy atom. The number of rotatable bonds is 6. The molecule has 21 heavy (non-hydrogen) atoms. The smallest absolute Gasteiger partial charge is 0.262 e. The van der Waals surface area contributed by atoms with E-state index in [0.29, 0.717) is 19.6 Å². The van der Waals surface area contributed by atoms with Crippen LogP contribution in [0.25, 0.3) is 0 Å². The van der Waals surface area contributed by atoms with Crippen molar-refractivity contribution in [2.24, 2.45) is 5.73 Å². The van der Waals surface area contributed by atoms with Crippen LogP contribution in [0.15, 0.2) is 17.6 Å². The molecule has 0 aliphatic heterocycles. The molecule has 1 aromatic heterocycles. The van der Waals surface area contributed by atoms with Crippen LogP contribution in [0.3, 0.4) is 0 Å². The second-order valence-corrected chi connectivity index (χ2v) is 7.51. The zero-order chi connectivity index (χ0) is 15.5. The minimum atomic E-state index is -3.59. The minimum Gasteiger partial charge on any atom is -0.336 e. The number of hydrogen-bond donors (Lipinski definition) is 1. The van der Waals surface area contributed by atoms with E-state index < -0.39 is 15.6 Å². The lowest BCUT2D eigenvalue weighted by Crippen LogP contribution is -2.57. The van der Waals surface area contributed by atoms with Gasteiger partial charge in [-0.3, -0.25) is 0 Å². The highest BCUT2D eigenvalue weighted by atomic mass is 32.2. The first-order valence-corrected chi connectivity index (χ1v) is 9.19. The summed E-state index contributed by atoms with van der Waals surface area (Å²) in [7, 11) is -3.59. The van der Waals surface area contributed by atoms with Crippen LogP contribution < -0.4 is 5.73 Å². The molecule has 0 unspecified atom stereocenters. The largest absolute Gasteiger partial charge is 0.336 e. The number of aromatic nitrogens is 2. The van der Waals surface area contributed by atoms with Crippen molar-refractivity contribution < 1.29 is 8.42 Å². The fourth-order valence-electron chi connectivity index (χ4n) is 3.28. The number of imidazole rings is 1. The van der Waals surface area contributed by atoms with E-state index in [-0.39, 0.29) is 5.03 Å². The van der Waals surface area contributed by atoms with Gasteiger partial charge in [0.05, 0.1) is 6.33 Å². The summed E-state index contributed by atoms with van der Waals surface area (Å²) in [4.78, 5) is 4.08. The average molecular weight is 314 g/mol. The number of hydrogen-bond acceptors (Lipinski definition) is 4. The summed E-state index contributed by atoms with van der Waals surface area (Å²) >= 11 is 0. The quantitative estimate of drug-likeness (QED) is 0.864. The molecule has 0 bridgehead atoms. The van der Waals surface area contributed by atoms with E-state index in [4.69, 9.17) is 5.73 Å². The maximum Gasteiger partial charge on any atom is 0.262 e. The van der Waals surface area contributed by atoms with Crippen molar-refractivity contribution >= 4 is 10.0 Å². The third-order valence-electron chi connectivity index (χ3n) is 4.51. The first kappa shape index (κ1) is 16.5. The Morgan fingerprint density at radius 1 is 1.33 bits per heavy atom. The molecule has 0 atom stereocenters. The van der Waals surface area contributed by atoms with Crippen LogP contribution in [0.5, 0.6) is 0 Å². The molecule has 1 fully saturated rings. The van der Waals surface area contributed by atoms with Crippen molar-refractivity contribution in [3.8, 4) is 0 Å². The average Bonchev–Trinajstić information content (AvgIpc) is 2.98. The SMILES string of the molecule is CCN(C1(CN)CCCCC1)S(=O)(=O)c1cn(CC)cn1. The first-order chi connectivity index (χ1) is 10.00. The van der Waals surface area contributed by atoms with Crippen LogP contribution in [0, 0.1) is 0 Å². The normalized spacial score (nSPS) is 19.0. The van der Waals surface area contributed by atoms with Crippen molar-refractivity contribution in [1.29, 1.82) is 0 Å².